The first kappa shape index (κ1) is 19.3. The van der Waals surface area contributed by atoms with Gasteiger partial charge in [0.2, 0.25) is 0 Å². The van der Waals surface area contributed by atoms with Crippen LogP contribution >= 0.6 is 23.2 Å². The number of aromatic nitrogens is 1. The van der Waals surface area contributed by atoms with Crippen molar-refractivity contribution in [2.24, 2.45) is 5.73 Å². The molecule has 1 atom stereocenters. The molecule has 1 unspecified atom stereocenters. The van der Waals surface area contributed by atoms with E-state index in [0.29, 0.717) is 21.9 Å². The van der Waals surface area contributed by atoms with Crippen molar-refractivity contribution in [3.63, 3.8) is 0 Å². The molecule has 1 aromatic carbocycles. The Morgan fingerprint density at radius 3 is 2.64 bits per heavy atom. The van der Waals surface area contributed by atoms with Crippen molar-refractivity contribution < 1.29 is 9.13 Å². The number of halogens is 3. The summed E-state index contributed by atoms with van der Waals surface area (Å²) in [5.41, 5.74) is 12.0. The smallest absolute Gasteiger partial charge is 0.166 e. The van der Waals surface area contributed by atoms with Crippen LogP contribution < -0.4 is 16.2 Å². The summed E-state index contributed by atoms with van der Waals surface area (Å²) in [6, 6.07) is 4.26. The maximum absolute atomic E-state index is 13.7. The summed E-state index contributed by atoms with van der Waals surface area (Å²) in [6.45, 7) is 5.27. The Labute approximate surface area is 156 Å². The first-order valence-corrected chi connectivity index (χ1v) is 8.21. The minimum Gasteiger partial charge on any atom is -0.482 e. The molecule has 1 aromatic heterocycles. The fourth-order valence-electron chi connectivity index (χ4n) is 2.02. The molecular weight excluding hydrogens is 364 g/mol. The summed E-state index contributed by atoms with van der Waals surface area (Å²) in [5.74, 6) is 5.70. The number of hydrogen-bond donors (Lipinski definition) is 2. The van der Waals surface area contributed by atoms with Crippen LogP contribution in [-0.2, 0) is 0 Å². The highest BCUT2D eigenvalue weighted by Crippen LogP contribution is 2.35. The predicted octanol–water partition coefficient (Wildman–Crippen LogP) is 4.34. The first-order chi connectivity index (χ1) is 11.6. The van der Waals surface area contributed by atoms with E-state index in [1.807, 2.05) is 0 Å². The van der Waals surface area contributed by atoms with Crippen LogP contribution in [0.4, 0.5) is 10.2 Å². The van der Waals surface area contributed by atoms with E-state index < -0.39 is 17.5 Å². The molecule has 4 nitrogen and oxygen atoms in total. The summed E-state index contributed by atoms with van der Waals surface area (Å²) in [7, 11) is 0. The summed E-state index contributed by atoms with van der Waals surface area (Å²) in [4.78, 5) is 4.06. The number of nitrogens with zero attached hydrogens (tertiary/aromatic N) is 1. The Bertz CT molecular complexity index is 854. The molecule has 0 aliphatic carbocycles. The van der Waals surface area contributed by atoms with Gasteiger partial charge in [0.25, 0.3) is 0 Å². The molecular formula is C18H18Cl2FN3O. The fourth-order valence-corrected chi connectivity index (χ4v) is 2.69. The Hall–Kier alpha value is -2.00. The summed E-state index contributed by atoms with van der Waals surface area (Å²) in [6.07, 6.45) is 0.877. The third-order valence-corrected chi connectivity index (χ3v) is 3.91. The third kappa shape index (κ3) is 4.99. The van der Waals surface area contributed by atoms with E-state index in [-0.39, 0.29) is 10.8 Å². The topological polar surface area (TPSA) is 74.2 Å². The Morgan fingerprint density at radius 1 is 1.32 bits per heavy atom. The van der Waals surface area contributed by atoms with Crippen LogP contribution in [0.3, 0.4) is 0 Å². The van der Waals surface area contributed by atoms with Gasteiger partial charge in [0.1, 0.15) is 11.9 Å². The first-order valence-electron chi connectivity index (χ1n) is 7.46. The van der Waals surface area contributed by atoms with Crippen molar-refractivity contribution in [1.29, 1.82) is 0 Å². The average molecular weight is 382 g/mol. The van der Waals surface area contributed by atoms with Crippen LogP contribution in [-0.4, -0.2) is 10.5 Å². The molecule has 2 rings (SSSR count). The van der Waals surface area contributed by atoms with Gasteiger partial charge in [0.05, 0.1) is 10.6 Å². The van der Waals surface area contributed by atoms with Crippen molar-refractivity contribution in [3.05, 3.63) is 51.4 Å². The zero-order valence-corrected chi connectivity index (χ0v) is 15.5. The molecule has 2 aromatic rings. The number of ether oxygens (including phenoxy) is 1. The SMILES string of the molecule is CC(Oc1cc(C#CC(C)(C)N)cnc1N)c1c(Cl)ccc(F)c1Cl. The van der Waals surface area contributed by atoms with Gasteiger partial charge in [-0.15, -0.1) is 0 Å². The lowest BCUT2D eigenvalue weighted by Gasteiger charge is -2.19. The molecule has 0 saturated heterocycles. The second kappa shape index (κ2) is 7.49. The van der Waals surface area contributed by atoms with Gasteiger partial charge < -0.3 is 16.2 Å². The molecule has 4 N–H and O–H groups in total. The zero-order chi connectivity index (χ0) is 18.8. The largest absolute Gasteiger partial charge is 0.482 e. The highest BCUT2D eigenvalue weighted by Gasteiger charge is 2.19. The van der Waals surface area contributed by atoms with Gasteiger partial charge in [0.15, 0.2) is 11.6 Å². The number of pyridine rings is 1. The normalized spacial score (nSPS) is 12.3. The monoisotopic (exact) mass is 381 g/mol. The number of nitrogen functional groups attached to an aromatic ring is 1. The number of hydrogen-bond acceptors (Lipinski definition) is 4. The maximum Gasteiger partial charge on any atom is 0.166 e. The number of rotatable bonds is 3. The van der Waals surface area contributed by atoms with Crippen LogP contribution in [0.25, 0.3) is 0 Å². The fraction of sp³-hybridized carbons (Fsp3) is 0.278. The molecule has 7 heteroatoms. The molecule has 0 spiro atoms. The van der Waals surface area contributed by atoms with Crippen molar-refractivity contribution in [2.45, 2.75) is 32.4 Å². The number of nitrogens with two attached hydrogens (primary N) is 2. The Balaban J connectivity index is 2.34. The lowest BCUT2D eigenvalue weighted by atomic mass is 10.1. The molecule has 0 saturated carbocycles. The van der Waals surface area contributed by atoms with E-state index >= 15 is 0 Å². The highest BCUT2D eigenvalue weighted by atomic mass is 35.5. The summed E-state index contributed by atoms with van der Waals surface area (Å²) >= 11 is 12.1. The van der Waals surface area contributed by atoms with Gasteiger partial charge in [-0.05, 0) is 32.9 Å². The van der Waals surface area contributed by atoms with Crippen LogP contribution in [0.2, 0.25) is 10.0 Å². The Morgan fingerprint density at radius 2 is 2.00 bits per heavy atom. The molecule has 0 radical (unpaired) electrons. The number of anilines is 1. The molecule has 0 aliphatic heterocycles. The van der Waals surface area contributed by atoms with E-state index in [1.54, 1.807) is 26.8 Å². The maximum atomic E-state index is 13.7. The van der Waals surface area contributed by atoms with Gasteiger partial charge >= 0.3 is 0 Å². The van der Waals surface area contributed by atoms with Crippen molar-refractivity contribution in [2.75, 3.05) is 5.73 Å². The van der Waals surface area contributed by atoms with Crippen LogP contribution in [0.15, 0.2) is 24.4 Å². The lowest BCUT2D eigenvalue weighted by molar-refractivity contribution is 0.227. The van der Waals surface area contributed by atoms with E-state index in [2.05, 4.69) is 16.8 Å². The summed E-state index contributed by atoms with van der Waals surface area (Å²) < 4.78 is 19.5. The average Bonchev–Trinajstić information content (AvgIpc) is 2.51. The van der Waals surface area contributed by atoms with Crippen molar-refractivity contribution in [3.8, 4) is 17.6 Å². The second-order valence-electron chi connectivity index (χ2n) is 6.10. The van der Waals surface area contributed by atoms with Crippen LogP contribution in [0.1, 0.15) is 38.0 Å². The molecule has 132 valence electrons. The zero-order valence-electron chi connectivity index (χ0n) is 14.0. The predicted molar refractivity (Wildman–Crippen MR) is 99.3 cm³/mol. The van der Waals surface area contributed by atoms with Gasteiger partial charge in [-0.1, -0.05) is 35.0 Å². The molecule has 25 heavy (non-hydrogen) atoms. The highest BCUT2D eigenvalue weighted by molar-refractivity contribution is 6.36. The molecule has 0 amide bonds. The molecule has 0 bridgehead atoms. The summed E-state index contributed by atoms with van der Waals surface area (Å²) in [5, 5.41) is 0.207. The van der Waals surface area contributed by atoms with Gasteiger partial charge in [-0.25, -0.2) is 9.37 Å². The van der Waals surface area contributed by atoms with Crippen molar-refractivity contribution >= 4 is 29.0 Å². The lowest BCUT2D eigenvalue weighted by Crippen LogP contribution is -2.29. The number of benzene rings is 1. The molecule has 0 fully saturated rings. The van der Waals surface area contributed by atoms with Crippen LogP contribution in [0.5, 0.6) is 5.75 Å². The van der Waals surface area contributed by atoms with E-state index in [1.165, 1.54) is 18.3 Å². The minimum absolute atomic E-state index is 0.0904. The van der Waals surface area contributed by atoms with Gasteiger partial charge in [-0.2, -0.15) is 0 Å². The third-order valence-electron chi connectivity index (χ3n) is 3.20. The standard InChI is InChI=1S/C18H18Cl2FN3O/c1-10(15-12(19)4-5-13(21)16(15)20)25-14-8-11(9-24-17(14)22)6-7-18(2,3)23/h4-5,8-10H,23H2,1-3H3,(H2,22,24). The van der Waals surface area contributed by atoms with E-state index in [9.17, 15) is 4.39 Å². The minimum atomic E-state index is -0.644. The van der Waals surface area contributed by atoms with Crippen LogP contribution in [0, 0.1) is 17.7 Å². The van der Waals surface area contributed by atoms with E-state index in [4.69, 9.17) is 39.4 Å². The molecule has 1 heterocycles. The second-order valence-corrected chi connectivity index (χ2v) is 6.88. The van der Waals surface area contributed by atoms with Gasteiger partial charge in [-0.3, -0.25) is 0 Å². The van der Waals surface area contributed by atoms with E-state index in [0.717, 1.165) is 0 Å². The van der Waals surface area contributed by atoms with Gasteiger partial charge in [0, 0.05) is 28.4 Å². The quantitative estimate of drug-likeness (QED) is 0.612. The Kier molecular flexibility index (Phi) is 5.79. The molecule has 0 aliphatic rings. The van der Waals surface area contributed by atoms with Crippen molar-refractivity contribution in [1.82, 2.24) is 4.98 Å².